The summed E-state index contributed by atoms with van der Waals surface area (Å²) in [6.07, 6.45) is 0.296. The highest BCUT2D eigenvalue weighted by Crippen LogP contribution is 2.30. The molecule has 4 amide bonds. The summed E-state index contributed by atoms with van der Waals surface area (Å²) in [5.41, 5.74) is 0.362. The molecule has 0 bridgehead atoms. The van der Waals surface area contributed by atoms with Crippen molar-refractivity contribution < 1.29 is 43.5 Å². The lowest BCUT2D eigenvalue weighted by Crippen LogP contribution is -2.59. The molecule has 1 aromatic carbocycles. The minimum Gasteiger partial charge on any atom is -0.480 e. The van der Waals surface area contributed by atoms with Gasteiger partial charge in [0.2, 0.25) is 23.6 Å². The van der Waals surface area contributed by atoms with Gasteiger partial charge in [-0.2, -0.15) is 0 Å². The van der Waals surface area contributed by atoms with Crippen LogP contribution in [0.5, 0.6) is 0 Å². The van der Waals surface area contributed by atoms with Gasteiger partial charge in [0.15, 0.2) is 0 Å². The first-order chi connectivity index (χ1) is 26.2. The van der Waals surface area contributed by atoms with Crippen LogP contribution in [0.15, 0.2) is 24.3 Å². The number of nitrogens with one attached hydrogen (secondary N) is 2. The fourth-order valence-corrected chi connectivity index (χ4v) is 7.90. The maximum absolute atomic E-state index is 14.2. The van der Waals surface area contributed by atoms with Crippen molar-refractivity contribution in [1.29, 1.82) is 0 Å². The number of hydrogen-bond acceptors (Lipinski definition) is 10. The molecule has 0 aliphatic carbocycles. The lowest BCUT2D eigenvalue weighted by atomic mass is 9.89. The van der Waals surface area contributed by atoms with Gasteiger partial charge in [-0.3, -0.25) is 34.2 Å². The number of amides is 4. The first-order valence-corrected chi connectivity index (χ1v) is 19.6. The van der Waals surface area contributed by atoms with Crippen LogP contribution >= 0.6 is 0 Å². The zero-order chi connectivity index (χ0) is 42.6. The zero-order valence-electron chi connectivity index (χ0n) is 35.3. The summed E-state index contributed by atoms with van der Waals surface area (Å²) in [5, 5.41) is 26.5. The van der Waals surface area contributed by atoms with Gasteiger partial charge in [-0.05, 0) is 50.3 Å². The third-order valence-corrected chi connectivity index (χ3v) is 11.1. The summed E-state index contributed by atoms with van der Waals surface area (Å²) in [6, 6.07) is 1.91. The number of likely N-dealkylation sites (tertiary alicyclic amines) is 1. The molecule has 9 atom stereocenters. The predicted molar refractivity (Wildman–Crippen MR) is 212 cm³/mol. The molecule has 0 saturated carbocycles. The minimum atomic E-state index is -1.31. The van der Waals surface area contributed by atoms with Crippen molar-refractivity contribution in [3.8, 4) is 0 Å². The van der Waals surface area contributed by atoms with Gasteiger partial charge in [0, 0.05) is 46.4 Å². The van der Waals surface area contributed by atoms with E-state index in [0.717, 1.165) is 0 Å². The number of methoxy groups -OCH3 is 2. The number of non-ortho nitro benzene ring substituents is 1. The summed E-state index contributed by atoms with van der Waals surface area (Å²) < 4.78 is 11.8. The lowest BCUT2D eigenvalue weighted by Gasteiger charge is -2.41. The Morgan fingerprint density at radius 1 is 0.946 bits per heavy atom. The number of nitro groups is 1. The van der Waals surface area contributed by atoms with Crippen molar-refractivity contribution in [2.75, 3.05) is 41.9 Å². The highest BCUT2D eigenvalue weighted by Gasteiger charge is 2.43. The van der Waals surface area contributed by atoms with Crippen LogP contribution in [0.1, 0.15) is 79.7 Å². The SMILES string of the molecule is CCC(C)C(C(CC(=O)N1CCCC1C(OC)C(C)C(=O)N[C@@H](Cc1ccc([N+](=O)[O-])cc1)C(=O)O)OC)N(C)C(=O)C(NC(=O)C(C(C)C)N(C)C)C(C)C. The van der Waals surface area contributed by atoms with E-state index in [-0.39, 0.29) is 54.0 Å². The molecule has 16 nitrogen and oxygen atoms in total. The smallest absolute Gasteiger partial charge is 0.326 e. The van der Waals surface area contributed by atoms with Crippen molar-refractivity contribution in [2.45, 2.75) is 123 Å². The van der Waals surface area contributed by atoms with Crippen LogP contribution in [0.3, 0.4) is 0 Å². The molecule has 8 unspecified atom stereocenters. The molecule has 0 radical (unpaired) electrons. The summed E-state index contributed by atoms with van der Waals surface area (Å²) in [6.45, 7) is 13.7. The van der Waals surface area contributed by atoms with Gasteiger partial charge in [-0.15, -0.1) is 0 Å². The number of aliphatic carboxylic acids is 1. The fourth-order valence-electron chi connectivity index (χ4n) is 7.90. The van der Waals surface area contributed by atoms with Crippen LogP contribution in [-0.2, 0) is 39.9 Å². The van der Waals surface area contributed by atoms with E-state index < -0.39 is 65.1 Å². The van der Waals surface area contributed by atoms with Gasteiger partial charge in [0.25, 0.3) is 5.69 Å². The molecule has 3 N–H and O–H groups in total. The summed E-state index contributed by atoms with van der Waals surface area (Å²) in [4.78, 5) is 83.1. The average molecular weight is 791 g/mol. The van der Waals surface area contributed by atoms with E-state index in [1.807, 2.05) is 60.5 Å². The molecule has 316 valence electrons. The zero-order valence-corrected chi connectivity index (χ0v) is 35.3. The van der Waals surface area contributed by atoms with E-state index in [4.69, 9.17) is 9.47 Å². The Bertz CT molecular complexity index is 1480. The third-order valence-electron chi connectivity index (χ3n) is 11.1. The number of ether oxygens (including phenoxy) is 2. The minimum absolute atomic E-state index is 0.0167. The molecule has 2 rings (SSSR count). The van der Waals surface area contributed by atoms with Gasteiger partial charge in [0.1, 0.15) is 12.1 Å². The van der Waals surface area contributed by atoms with Gasteiger partial charge in [-0.25, -0.2) is 4.79 Å². The summed E-state index contributed by atoms with van der Waals surface area (Å²) in [5.74, 6) is -3.71. The van der Waals surface area contributed by atoms with Gasteiger partial charge < -0.3 is 35.0 Å². The highest BCUT2D eigenvalue weighted by molar-refractivity contribution is 5.90. The number of carboxylic acid groups (broad SMARTS) is 1. The Labute approximate surface area is 332 Å². The molecule has 1 aromatic rings. The number of carbonyl (C=O) groups is 5. The molecular weight excluding hydrogens is 724 g/mol. The summed E-state index contributed by atoms with van der Waals surface area (Å²) >= 11 is 0. The number of nitro benzene ring substituents is 1. The molecule has 1 fully saturated rings. The van der Waals surface area contributed by atoms with Gasteiger partial charge >= 0.3 is 5.97 Å². The number of benzene rings is 1. The van der Waals surface area contributed by atoms with Crippen LogP contribution in [-0.4, -0.2) is 139 Å². The highest BCUT2D eigenvalue weighted by atomic mass is 16.6. The Kier molecular flexibility index (Phi) is 18.8. The largest absolute Gasteiger partial charge is 0.480 e. The average Bonchev–Trinajstić information content (AvgIpc) is 3.62. The molecule has 1 aliphatic heterocycles. The van der Waals surface area contributed by atoms with Gasteiger partial charge in [0.05, 0.1) is 47.6 Å². The lowest BCUT2D eigenvalue weighted by molar-refractivity contribution is -0.384. The molecule has 1 saturated heterocycles. The second kappa shape index (κ2) is 22.0. The van der Waals surface area contributed by atoms with E-state index in [1.165, 1.54) is 38.5 Å². The van der Waals surface area contributed by atoms with E-state index in [2.05, 4.69) is 10.6 Å². The van der Waals surface area contributed by atoms with E-state index in [1.54, 1.807) is 23.8 Å². The Morgan fingerprint density at radius 3 is 2.02 bits per heavy atom. The number of nitrogens with zero attached hydrogens (tertiary/aromatic N) is 4. The standard InChI is InChI=1S/C40H66N6O10/c1-13-25(6)35(44(10)39(50)33(23(2)3)42-38(49)34(24(4)5)43(8)9)31(55-11)22-32(47)45-20-14-15-30(45)36(56-12)26(7)37(48)41-29(40(51)52)21-27-16-18-28(19-17-27)46(53)54/h16-19,23-26,29-31,33-36H,13-15,20-22H2,1-12H3,(H,41,48)(H,42,49)(H,51,52)/t25?,26?,29-,30?,31?,33?,34?,35?,36?/m0/s1. The van der Waals surface area contributed by atoms with Crippen molar-refractivity contribution in [2.24, 2.45) is 23.7 Å². The first-order valence-electron chi connectivity index (χ1n) is 19.6. The third kappa shape index (κ3) is 12.4. The molecule has 1 aliphatic rings. The number of carbonyl (C=O) groups excluding carboxylic acids is 4. The molecule has 16 heteroatoms. The molecule has 1 heterocycles. The Hall–Kier alpha value is -4.15. The molecule has 56 heavy (non-hydrogen) atoms. The second-order valence-electron chi connectivity index (χ2n) is 16.0. The van der Waals surface area contributed by atoms with Crippen LogP contribution < -0.4 is 10.6 Å². The number of carboxylic acids is 1. The molecule has 0 aromatic heterocycles. The van der Waals surface area contributed by atoms with Crippen molar-refractivity contribution in [1.82, 2.24) is 25.3 Å². The number of likely N-dealkylation sites (N-methyl/N-ethyl adjacent to an activating group) is 2. The predicted octanol–water partition coefficient (Wildman–Crippen LogP) is 3.35. The van der Waals surface area contributed by atoms with Gasteiger partial charge in [-0.1, -0.05) is 67.0 Å². The van der Waals surface area contributed by atoms with Crippen LogP contribution in [0.4, 0.5) is 5.69 Å². The Morgan fingerprint density at radius 2 is 1.55 bits per heavy atom. The van der Waals surface area contributed by atoms with E-state index in [9.17, 15) is 39.2 Å². The van der Waals surface area contributed by atoms with Crippen LogP contribution in [0, 0.1) is 33.8 Å². The summed E-state index contributed by atoms with van der Waals surface area (Å²) in [7, 11) is 8.31. The quantitative estimate of drug-likeness (QED) is 0.115. The second-order valence-corrected chi connectivity index (χ2v) is 16.0. The van der Waals surface area contributed by atoms with Crippen molar-refractivity contribution >= 4 is 35.3 Å². The van der Waals surface area contributed by atoms with Crippen molar-refractivity contribution in [3.05, 3.63) is 39.9 Å². The maximum atomic E-state index is 14.2. The van der Waals surface area contributed by atoms with E-state index in [0.29, 0.717) is 31.4 Å². The van der Waals surface area contributed by atoms with E-state index >= 15 is 0 Å². The van der Waals surface area contributed by atoms with Crippen LogP contribution in [0.25, 0.3) is 0 Å². The van der Waals surface area contributed by atoms with Crippen molar-refractivity contribution in [3.63, 3.8) is 0 Å². The fraction of sp³-hybridized carbons (Fsp3) is 0.725. The maximum Gasteiger partial charge on any atom is 0.326 e. The Balaban J connectivity index is 2.27. The molecule has 0 spiro atoms. The first kappa shape index (κ1) is 48.0. The molecular formula is C40H66N6O10. The normalized spacial score (nSPS) is 18.8. The van der Waals surface area contributed by atoms with Crippen LogP contribution in [0.2, 0.25) is 0 Å². The monoisotopic (exact) mass is 790 g/mol. The number of rotatable bonds is 22. The topological polar surface area (TPSA) is 201 Å². The number of hydrogen-bond donors (Lipinski definition) is 3.